The van der Waals surface area contributed by atoms with Crippen LogP contribution in [0, 0.1) is 5.41 Å². The maximum Gasteiger partial charge on any atom is 0.190 e. The average Bonchev–Trinajstić information content (AvgIpc) is 3.45. The number of nitrogens with zero attached hydrogens (tertiary/aromatic N) is 1. The highest BCUT2D eigenvalue weighted by molar-refractivity contribution is 5.88. The van der Waals surface area contributed by atoms with Gasteiger partial charge in [0.25, 0.3) is 0 Å². The fourth-order valence-electron chi connectivity index (χ4n) is 4.71. The number of nitrogens with one attached hydrogen (secondary N) is 3. The monoisotopic (exact) mass is 444 g/mol. The topological polar surface area (TPSA) is 79.9 Å². The van der Waals surface area contributed by atoms with Crippen molar-refractivity contribution >= 4 is 16.9 Å². The van der Waals surface area contributed by atoms with Crippen LogP contribution in [0.1, 0.15) is 51.1 Å². The molecule has 1 heterocycles. The number of rotatable bonds is 12. The highest BCUT2D eigenvalue weighted by atomic mass is 16.5. The normalized spacial score (nSPS) is 15.8. The van der Waals surface area contributed by atoms with Gasteiger partial charge in [0.15, 0.2) is 5.96 Å². The summed E-state index contributed by atoms with van der Waals surface area (Å²) in [5.41, 5.74) is 2.57. The first-order chi connectivity index (χ1) is 15.6. The van der Waals surface area contributed by atoms with Crippen LogP contribution >= 0.6 is 0 Å². The Morgan fingerprint density at radius 1 is 1.12 bits per heavy atom. The number of benzene rings is 1. The van der Waals surface area contributed by atoms with Crippen LogP contribution in [0.15, 0.2) is 23.2 Å². The van der Waals surface area contributed by atoms with Crippen LogP contribution in [0.5, 0.6) is 11.5 Å². The molecule has 0 saturated heterocycles. The Labute approximate surface area is 192 Å². The van der Waals surface area contributed by atoms with Gasteiger partial charge >= 0.3 is 0 Å². The Morgan fingerprint density at radius 2 is 1.94 bits per heavy atom. The van der Waals surface area contributed by atoms with E-state index in [9.17, 15) is 0 Å². The van der Waals surface area contributed by atoms with Crippen molar-refractivity contribution in [3.63, 3.8) is 0 Å². The van der Waals surface area contributed by atoms with Gasteiger partial charge in [-0.15, -0.1) is 0 Å². The summed E-state index contributed by atoms with van der Waals surface area (Å²) >= 11 is 0. The Bertz CT molecular complexity index is 871. The minimum absolute atomic E-state index is 0.345. The van der Waals surface area contributed by atoms with Crippen LogP contribution in [-0.4, -0.2) is 58.5 Å². The van der Waals surface area contributed by atoms with E-state index in [0.717, 1.165) is 73.9 Å². The predicted molar refractivity (Wildman–Crippen MR) is 131 cm³/mol. The Kier molecular flexibility index (Phi) is 9.09. The molecule has 0 unspecified atom stereocenters. The molecule has 3 rings (SSSR count). The molecule has 0 aliphatic heterocycles. The number of hydrogen-bond donors (Lipinski definition) is 3. The molecule has 0 bridgehead atoms. The van der Waals surface area contributed by atoms with Crippen LogP contribution in [0.25, 0.3) is 10.9 Å². The molecule has 1 aliphatic rings. The molecule has 1 saturated carbocycles. The first-order valence-electron chi connectivity index (χ1n) is 11.9. The number of fused-ring (bicyclic) bond motifs is 1. The van der Waals surface area contributed by atoms with E-state index in [4.69, 9.17) is 14.2 Å². The molecule has 0 atom stereocenters. The quantitative estimate of drug-likeness (QED) is 0.259. The maximum atomic E-state index is 5.63. The van der Waals surface area contributed by atoms with Crippen molar-refractivity contribution in [1.29, 1.82) is 0 Å². The molecule has 0 spiro atoms. The summed E-state index contributed by atoms with van der Waals surface area (Å²) in [7, 11) is 5.20. The Morgan fingerprint density at radius 3 is 2.62 bits per heavy atom. The number of hydrogen-bond acceptors (Lipinski definition) is 4. The van der Waals surface area contributed by atoms with Crippen molar-refractivity contribution in [1.82, 2.24) is 15.6 Å². The van der Waals surface area contributed by atoms with Gasteiger partial charge in [0.05, 0.1) is 19.7 Å². The van der Waals surface area contributed by atoms with Gasteiger partial charge in [0, 0.05) is 56.6 Å². The molecule has 1 fully saturated rings. The van der Waals surface area contributed by atoms with Gasteiger partial charge in [0.1, 0.15) is 11.5 Å². The lowest BCUT2D eigenvalue weighted by Gasteiger charge is -2.30. The maximum absolute atomic E-state index is 5.63. The molecule has 2 aromatic rings. The van der Waals surface area contributed by atoms with E-state index >= 15 is 0 Å². The number of methoxy groups -OCH3 is 2. The van der Waals surface area contributed by atoms with Gasteiger partial charge in [-0.3, -0.25) is 4.99 Å². The molecule has 7 nitrogen and oxygen atoms in total. The summed E-state index contributed by atoms with van der Waals surface area (Å²) in [6, 6.07) is 6.10. The zero-order valence-corrected chi connectivity index (χ0v) is 20.2. The average molecular weight is 445 g/mol. The summed E-state index contributed by atoms with van der Waals surface area (Å²) in [4.78, 5) is 7.92. The van der Waals surface area contributed by atoms with Crippen LogP contribution in [0.4, 0.5) is 0 Å². The third-order valence-corrected chi connectivity index (χ3v) is 6.60. The van der Waals surface area contributed by atoms with Gasteiger partial charge in [-0.05, 0) is 50.5 Å². The summed E-state index contributed by atoms with van der Waals surface area (Å²) in [5.74, 6) is 2.51. The summed E-state index contributed by atoms with van der Waals surface area (Å²) in [6.07, 6.45) is 8.27. The van der Waals surface area contributed by atoms with E-state index in [1.165, 1.54) is 31.4 Å². The fraction of sp³-hybridized carbons (Fsp3) is 0.640. The second kappa shape index (κ2) is 12.0. The first-order valence-corrected chi connectivity index (χ1v) is 11.9. The molecule has 178 valence electrons. The number of aromatic amines is 1. The lowest BCUT2D eigenvalue weighted by molar-refractivity contribution is 0.105. The van der Waals surface area contributed by atoms with Crippen molar-refractivity contribution < 1.29 is 14.2 Å². The number of aliphatic imine (C=N–C) groups is 1. The standard InChI is InChI=1S/C25H40N4O3/c1-5-32-14-12-25(10-6-7-11-25)18-28-24(26-2)27-13-8-9-19-15-21-22(29-19)16-20(30-3)17-23(21)31-4/h15-17,29H,5-14,18H2,1-4H3,(H2,26,27,28). The van der Waals surface area contributed by atoms with Gasteiger partial charge in [-0.25, -0.2) is 0 Å². The molecule has 32 heavy (non-hydrogen) atoms. The van der Waals surface area contributed by atoms with Crippen molar-refractivity contribution in [3.05, 3.63) is 23.9 Å². The third-order valence-electron chi connectivity index (χ3n) is 6.60. The van der Waals surface area contributed by atoms with Gasteiger partial charge in [-0.2, -0.15) is 0 Å². The zero-order chi connectivity index (χ0) is 22.8. The van der Waals surface area contributed by atoms with Crippen LogP contribution < -0.4 is 20.1 Å². The molecule has 0 radical (unpaired) electrons. The van der Waals surface area contributed by atoms with Crippen molar-refractivity contribution in [3.8, 4) is 11.5 Å². The van der Waals surface area contributed by atoms with E-state index in [0.29, 0.717) is 5.41 Å². The number of aryl methyl sites for hydroxylation is 1. The molecule has 7 heteroatoms. The van der Waals surface area contributed by atoms with Crippen molar-refractivity contribution in [2.45, 2.75) is 51.9 Å². The minimum atomic E-state index is 0.345. The fourth-order valence-corrected chi connectivity index (χ4v) is 4.71. The molecule has 3 N–H and O–H groups in total. The Balaban J connectivity index is 1.47. The number of aromatic nitrogens is 1. The molecule has 1 aliphatic carbocycles. The predicted octanol–water partition coefficient (Wildman–Crippen LogP) is 4.27. The lowest BCUT2D eigenvalue weighted by atomic mass is 9.83. The summed E-state index contributed by atoms with van der Waals surface area (Å²) < 4.78 is 16.5. The van der Waals surface area contributed by atoms with Crippen molar-refractivity contribution in [2.75, 3.05) is 47.6 Å². The minimum Gasteiger partial charge on any atom is -0.497 e. The molecule has 1 aromatic heterocycles. The molecular weight excluding hydrogens is 404 g/mol. The highest BCUT2D eigenvalue weighted by Crippen LogP contribution is 2.40. The SMILES string of the molecule is CCOCCC1(CNC(=NC)NCCCc2cc3c(OC)cc(OC)cc3[nH]2)CCCC1. The van der Waals surface area contributed by atoms with Gasteiger partial charge in [-0.1, -0.05) is 12.8 Å². The summed E-state index contributed by atoms with van der Waals surface area (Å²) in [6.45, 7) is 5.54. The van der Waals surface area contributed by atoms with E-state index in [2.05, 4.69) is 33.6 Å². The van der Waals surface area contributed by atoms with Crippen LogP contribution in [-0.2, 0) is 11.2 Å². The van der Waals surface area contributed by atoms with Gasteiger partial charge in [0.2, 0.25) is 0 Å². The number of guanidine groups is 1. The van der Waals surface area contributed by atoms with Crippen molar-refractivity contribution in [2.24, 2.45) is 10.4 Å². The second-order valence-corrected chi connectivity index (χ2v) is 8.70. The van der Waals surface area contributed by atoms with E-state index < -0.39 is 0 Å². The molecule has 0 amide bonds. The van der Waals surface area contributed by atoms with Crippen LogP contribution in [0.2, 0.25) is 0 Å². The van der Waals surface area contributed by atoms with E-state index in [1.807, 2.05) is 19.2 Å². The zero-order valence-electron chi connectivity index (χ0n) is 20.2. The number of ether oxygens (including phenoxy) is 3. The first kappa shape index (κ1) is 24.2. The number of H-pyrrole nitrogens is 1. The van der Waals surface area contributed by atoms with Crippen LogP contribution in [0.3, 0.4) is 0 Å². The molecular formula is C25H40N4O3. The Hall–Kier alpha value is -2.41. The van der Waals surface area contributed by atoms with E-state index in [-0.39, 0.29) is 0 Å². The largest absolute Gasteiger partial charge is 0.497 e. The van der Waals surface area contributed by atoms with Gasteiger partial charge < -0.3 is 29.8 Å². The highest BCUT2D eigenvalue weighted by Gasteiger charge is 2.33. The smallest absolute Gasteiger partial charge is 0.190 e. The molecule has 1 aromatic carbocycles. The third kappa shape index (κ3) is 6.31. The lowest BCUT2D eigenvalue weighted by Crippen LogP contribution is -2.43. The van der Waals surface area contributed by atoms with E-state index in [1.54, 1.807) is 14.2 Å². The summed E-state index contributed by atoms with van der Waals surface area (Å²) in [5, 5.41) is 8.13. The second-order valence-electron chi connectivity index (χ2n) is 8.70.